The normalized spacial score (nSPS) is 22.1. The fourth-order valence-electron chi connectivity index (χ4n) is 2.21. The summed E-state index contributed by atoms with van der Waals surface area (Å²) in [6, 6.07) is -0.0279. The van der Waals surface area contributed by atoms with Gasteiger partial charge < -0.3 is 4.90 Å². The fourth-order valence-corrected chi connectivity index (χ4v) is 2.21. The second-order valence-electron chi connectivity index (χ2n) is 4.60. The van der Waals surface area contributed by atoms with Gasteiger partial charge in [-0.15, -0.1) is 0 Å². The highest BCUT2D eigenvalue weighted by Crippen LogP contribution is 2.44. The minimum atomic E-state index is -4.58. The number of aromatic nitrogens is 1. The molecular weight excluding hydrogens is 283 g/mol. The third-order valence-electron chi connectivity index (χ3n) is 3.20. The van der Waals surface area contributed by atoms with Crippen LogP contribution in [0.25, 0.3) is 0 Å². The van der Waals surface area contributed by atoms with Crippen LogP contribution in [0.5, 0.6) is 0 Å². The summed E-state index contributed by atoms with van der Waals surface area (Å²) in [5, 5.41) is 0. The summed E-state index contributed by atoms with van der Waals surface area (Å²) in [6.45, 7) is 0.994. The third kappa shape index (κ3) is 2.59. The van der Waals surface area contributed by atoms with Gasteiger partial charge in [0.1, 0.15) is 6.04 Å². The van der Waals surface area contributed by atoms with E-state index in [0.717, 1.165) is 17.9 Å². The van der Waals surface area contributed by atoms with Crippen molar-refractivity contribution < 1.29 is 26.7 Å². The highest BCUT2D eigenvalue weighted by atomic mass is 19.4. The van der Waals surface area contributed by atoms with Crippen molar-refractivity contribution in [1.82, 2.24) is 9.88 Å². The Bertz CT molecular complexity index is 512. The van der Waals surface area contributed by atoms with Crippen molar-refractivity contribution in [2.45, 2.75) is 31.5 Å². The molecule has 0 aliphatic carbocycles. The second-order valence-corrected chi connectivity index (χ2v) is 4.60. The summed E-state index contributed by atoms with van der Waals surface area (Å²) in [5.41, 5.74) is -1.26. The predicted octanol–water partition coefficient (Wildman–Crippen LogP) is 3.03. The lowest BCUT2D eigenvalue weighted by molar-refractivity contribution is -0.138. The lowest BCUT2D eigenvalue weighted by atomic mass is 10.1. The maximum absolute atomic E-state index is 13.8. The Labute approximate surface area is 111 Å². The van der Waals surface area contributed by atoms with Crippen LogP contribution >= 0.6 is 0 Å². The zero-order chi connectivity index (χ0) is 15.1. The van der Waals surface area contributed by atoms with Crippen LogP contribution in [0.15, 0.2) is 18.3 Å². The van der Waals surface area contributed by atoms with E-state index in [0.29, 0.717) is 12.3 Å². The van der Waals surface area contributed by atoms with Gasteiger partial charge in [-0.2, -0.15) is 13.2 Å². The van der Waals surface area contributed by atoms with Crippen LogP contribution in [0, 0.1) is 0 Å². The number of halogens is 5. The number of likely N-dealkylation sites (tertiary alicyclic amines) is 1. The van der Waals surface area contributed by atoms with Crippen molar-refractivity contribution in [2.75, 3.05) is 6.54 Å². The Morgan fingerprint density at radius 2 is 2.05 bits per heavy atom. The molecule has 3 nitrogen and oxygen atoms in total. The zero-order valence-corrected chi connectivity index (χ0v) is 10.4. The van der Waals surface area contributed by atoms with Crippen molar-refractivity contribution in [3.63, 3.8) is 0 Å². The molecule has 2 rings (SSSR count). The summed E-state index contributed by atoms with van der Waals surface area (Å²) in [4.78, 5) is 15.7. The van der Waals surface area contributed by atoms with E-state index in [9.17, 15) is 26.7 Å². The van der Waals surface area contributed by atoms with E-state index in [4.69, 9.17) is 0 Å². The van der Waals surface area contributed by atoms with Gasteiger partial charge in [0.2, 0.25) is 5.91 Å². The molecule has 1 fully saturated rings. The van der Waals surface area contributed by atoms with Gasteiger partial charge in [0.15, 0.2) is 0 Å². The van der Waals surface area contributed by atoms with Crippen molar-refractivity contribution >= 4 is 5.91 Å². The monoisotopic (exact) mass is 294 g/mol. The number of pyridine rings is 1. The number of amides is 1. The summed E-state index contributed by atoms with van der Waals surface area (Å²) in [6.07, 6.45) is -4.61. The predicted molar refractivity (Wildman–Crippen MR) is 58.9 cm³/mol. The Kier molecular flexibility index (Phi) is 3.43. The summed E-state index contributed by atoms with van der Waals surface area (Å²) in [7, 11) is 0. The number of hydrogen-bond acceptors (Lipinski definition) is 2. The molecule has 1 atom stereocenters. The van der Waals surface area contributed by atoms with E-state index in [2.05, 4.69) is 4.98 Å². The highest BCUT2D eigenvalue weighted by Gasteiger charge is 2.51. The van der Waals surface area contributed by atoms with E-state index in [1.165, 1.54) is 0 Å². The van der Waals surface area contributed by atoms with Gasteiger partial charge in [0.05, 0.1) is 11.3 Å². The number of carbonyl (C=O) groups is 1. The molecule has 1 saturated heterocycles. The van der Waals surface area contributed by atoms with E-state index in [1.807, 2.05) is 0 Å². The molecule has 2 heterocycles. The molecule has 0 N–H and O–H groups in total. The van der Waals surface area contributed by atoms with Crippen LogP contribution in [0.4, 0.5) is 22.0 Å². The first kappa shape index (κ1) is 14.7. The molecule has 0 saturated carbocycles. The van der Waals surface area contributed by atoms with Gasteiger partial charge in [0.25, 0.3) is 5.92 Å². The number of carbonyl (C=O) groups excluding carboxylic acids is 1. The lowest BCUT2D eigenvalue weighted by Crippen LogP contribution is -2.34. The molecule has 110 valence electrons. The van der Waals surface area contributed by atoms with Crippen LogP contribution < -0.4 is 0 Å². The van der Waals surface area contributed by atoms with Crippen LogP contribution in [0.2, 0.25) is 0 Å². The van der Waals surface area contributed by atoms with Gasteiger partial charge in [-0.05, 0) is 12.1 Å². The fraction of sp³-hybridized carbons (Fsp3) is 0.500. The lowest BCUT2D eigenvalue weighted by Gasteiger charge is -2.26. The van der Waals surface area contributed by atoms with Gasteiger partial charge in [-0.25, -0.2) is 8.78 Å². The summed E-state index contributed by atoms with van der Waals surface area (Å²) < 4.78 is 64.8. The number of rotatable bonds is 1. The Morgan fingerprint density at radius 1 is 1.40 bits per heavy atom. The molecule has 0 aromatic carbocycles. The number of nitrogens with zero attached hydrogens (tertiary/aromatic N) is 2. The molecule has 0 bridgehead atoms. The minimum absolute atomic E-state index is 0.143. The average molecular weight is 294 g/mol. The van der Waals surface area contributed by atoms with Crippen molar-refractivity contribution in [3.8, 4) is 0 Å². The molecule has 8 heteroatoms. The first-order valence-electron chi connectivity index (χ1n) is 5.81. The summed E-state index contributed by atoms with van der Waals surface area (Å²) in [5.74, 6) is -3.76. The zero-order valence-electron chi connectivity index (χ0n) is 10.4. The first-order chi connectivity index (χ1) is 9.13. The topological polar surface area (TPSA) is 33.2 Å². The quantitative estimate of drug-likeness (QED) is 0.746. The maximum atomic E-state index is 13.8. The van der Waals surface area contributed by atoms with Crippen LogP contribution in [-0.2, 0) is 11.0 Å². The van der Waals surface area contributed by atoms with Crippen molar-refractivity contribution in [1.29, 1.82) is 0 Å². The molecular formula is C12H11F5N2O. The first-order valence-corrected chi connectivity index (χ1v) is 5.81. The molecule has 1 aromatic heterocycles. The van der Waals surface area contributed by atoms with Gasteiger partial charge in [0, 0.05) is 26.1 Å². The number of hydrogen-bond donors (Lipinski definition) is 0. The molecule has 1 aromatic rings. The molecule has 0 radical (unpaired) electrons. The second kappa shape index (κ2) is 4.68. The largest absolute Gasteiger partial charge is 0.417 e. The van der Waals surface area contributed by atoms with Gasteiger partial charge in [-0.1, -0.05) is 0 Å². The van der Waals surface area contributed by atoms with Crippen LogP contribution in [0.3, 0.4) is 0 Å². The maximum Gasteiger partial charge on any atom is 0.417 e. The minimum Gasteiger partial charge on any atom is -0.328 e. The third-order valence-corrected chi connectivity index (χ3v) is 3.20. The Morgan fingerprint density at radius 3 is 2.50 bits per heavy atom. The SMILES string of the molecule is CC(=O)N1CCC(F)(F)C1c1ccc(C(F)(F)F)cn1. The number of alkyl halides is 5. The molecule has 1 aliphatic rings. The molecule has 1 amide bonds. The molecule has 1 unspecified atom stereocenters. The Balaban J connectivity index is 2.36. The average Bonchev–Trinajstić information content (AvgIpc) is 2.64. The van der Waals surface area contributed by atoms with Gasteiger partial charge >= 0.3 is 6.18 Å². The van der Waals surface area contributed by atoms with Crippen molar-refractivity contribution in [2.24, 2.45) is 0 Å². The smallest absolute Gasteiger partial charge is 0.328 e. The standard InChI is InChI=1S/C12H11F5N2O/c1-7(20)19-5-4-11(13,14)10(19)9-3-2-8(6-18-9)12(15,16)17/h2-3,6,10H,4-5H2,1H3. The van der Waals surface area contributed by atoms with Gasteiger partial charge in [-0.3, -0.25) is 9.78 Å². The highest BCUT2D eigenvalue weighted by molar-refractivity contribution is 5.74. The molecule has 1 aliphatic heterocycles. The van der Waals surface area contributed by atoms with E-state index in [1.54, 1.807) is 0 Å². The Hall–Kier alpha value is -1.73. The van der Waals surface area contributed by atoms with Crippen molar-refractivity contribution in [3.05, 3.63) is 29.6 Å². The van der Waals surface area contributed by atoms with E-state index < -0.39 is 36.0 Å². The van der Waals surface area contributed by atoms with E-state index >= 15 is 0 Å². The molecule has 20 heavy (non-hydrogen) atoms. The van der Waals surface area contributed by atoms with E-state index in [-0.39, 0.29) is 12.2 Å². The van der Waals surface area contributed by atoms with Crippen LogP contribution in [-0.4, -0.2) is 28.3 Å². The summed E-state index contributed by atoms with van der Waals surface area (Å²) >= 11 is 0. The van der Waals surface area contributed by atoms with Crippen LogP contribution in [0.1, 0.15) is 30.6 Å². The molecule has 0 spiro atoms.